The highest BCUT2D eigenvalue weighted by atomic mass is 16.4. The van der Waals surface area contributed by atoms with Crippen molar-refractivity contribution in [3.63, 3.8) is 0 Å². The Morgan fingerprint density at radius 2 is 1.90 bits per heavy atom. The van der Waals surface area contributed by atoms with E-state index in [4.69, 9.17) is 4.42 Å². The number of benzene rings is 1. The number of nitrogens with zero attached hydrogens (tertiary/aromatic N) is 2. The van der Waals surface area contributed by atoms with E-state index in [2.05, 4.69) is 67.5 Å². The maximum atomic E-state index is 5.71. The Morgan fingerprint density at radius 3 is 2.62 bits per heavy atom. The molecule has 0 aliphatic rings. The van der Waals surface area contributed by atoms with Gasteiger partial charge in [0, 0.05) is 12.0 Å². The van der Waals surface area contributed by atoms with Crippen molar-refractivity contribution < 1.29 is 4.42 Å². The van der Waals surface area contributed by atoms with Crippen LogP contribution >= 0.6 is 0 Å². The summed E-state index contributed by atoms with van der Waals surface area (Å²) < 4.78 is 5.71. The standard InChI is InChI=1S/C17H25N3O/c1-13-7-5-8-14(11-13)12-16-20-19-15(21-16)9-6-10-18-17(2,3)4/h5,7-8,11,18H,6,9-10,12H2,1-4H3. The molecule has 0 radical (unpaired) electrons. The summed E-state index contributed by atoms with van der Waals surface area (Å²) in [6.45, 7) is 9.54. The number of hydrogen-bond donors (Lipinski definition) is 1. The summed E-state index contributed by atoms with van der Waals surface area (Å²) in [6, 6.07) is 8.38. The zero-order chi connectivity index (χ0) is 15.3. The first-order valence-corrected chi connectivity index (χ1v) is 7.54. The van der Waals surface area contributed by atoms with Gasteiger partial charge in [0.15, 0.2) is 0 Å². The van der Waals surface area contributed by atoms with Gasteiger partial charge < -0.3 is 9.73 Å². The van der Waals surface area contributed by atoms with Gasteiger partial charge in [-0.05, 0) is 46.2 Å². The van der Waals surface area contributed by atoms with Crippen molar-refractivity contribution in [1.29, 1.82) is 0 Å². The summed E-state index contributed by atoms with van der Waals surface area (Å²) in [5, 5.41) is 11.7. The van der Waals surface area contributed by atoms with Gasteiger partial charge >= 0.3 is 0 Å². The zero-order valence-corrected chi connectivity index (χ0v) is 13.4. The monoisotopic (exact) mass is 287 g/mol. The van der Waals surface area contributed by atoms with Crippen molar-refractivity contribution in [3.8, 4) is 0 Å². The van der Waals surface area contributed by atoms with Crippen molar-refractivity contribution in [2.75, 3.05) is 6.54 Å². The van der Waals surface area contributed by atoms with Crippen LogP contribution in [0.15, 0.2) is 28.7 Å². The highest BCUT2D eigenvalue weighted by Gasteiger charge is 2.10. The molecular weight excluding hydrogens is 262 g/mol. The average molecular weight is 287 g/mol. The summed E-state index contributed by atoms with van der Waals surface area (Å²) in [7, 11) is 0. The highest BCUT2D eigenvalue weighted by molar-refractivity contribution is 5.24. The van der Waals surface area contributed by atoms with Crippen molar-refractivity contribution in [2.24, 2.45) is 0 Å². The molecule has 1 aromatic carbocycles. The first kappa shape index (κ1) is 15.7. The number of nitrogens with one attached hydrogen (secondary N) is 1. The maximum Gasteiger partial charge on any atom is 0.220 e. The molecular formula is C17H25N3O. The topological polar surface area (TPSA) is 51.0 Å². The van der Waals surface area contributed by atoms with E-state index in [1.54, 1.807) is 0 Å². The molecule has 0 aliphatic carbocycles. The van der Waals surface area contributed by atoms with Crippen LogP contribution in [0.2, 0.25) is 0 Å². The van der Waals surface area contributed by atoms with E-state index in [-0.39, 0.29) is 5.54 Å². The van der Waals surface area contributed by atoms with Crippen molar-refractivity contribution in [2.45, 2.75) is 52.5 Å². The summed E-state index contributed by atoms with van der Waals surface area (Å²) in [4.78, 5) is 0. The van der Waals surface area contributed by atoms with E-state index >= 15 is 0 Å². The van der Waals surface area contributed by atoms with Crippen LogP contribution < -0.4 is 5.32 Å². The van der Waals surface area contributed by atoms with Crippen LogP contribution in [-0.4, -0.2) is 22.3 Å². The second-order valence-electron chi connectivity index (χ2n) is 6.54. The van der Waals surface area contributed by atoms with Crippen molar-refractivity contribution in [1.82, 2.24) is 15.5 Å². The molecule has 114 valence electrons. The van der Waals surface area contributed by atoms with Crippen LogP contribution in [0.3, 0.4) is 0 Å². The Morgan fingerprint density at radius 1 is 1.14 bits per heavy atom. The average Bonchev–Trinajstić information content (AvgIpc) is 2.81. The van der Waals surface area contributed by atoms with Gasteiger partial charge in [0.1, 0.15) is 0 Å². The largest absolute Gasteiger partial charge is 0.425 e. The number of hydrogen-bond acceptors (Lipinski definition) is 4. The van der Waals surface area contributed by atoms with E-state index in [9.17, 15) is 0 Å². The second-order valence-corrected chi connectivity index (χ2v) is 6.54. The Bertz CT molecular complexity index is 569. The lowest BCUT2D eigenvalue weighted by Gasteiger charge is -2.19. The van der Waals surface area contributed by atoms with Crippen LogP contribution in [0.4, 0.5) is 0 Å². The molecule has 0 atom stereocenters. The summed E-state index contributed by atoms with van der Waals surface area (Å²) in [6.07, 6.45) is 2.53. The fourth-order valence-corrected chi connectivity index (χ4v) is 2.16. The molecule has 1 heterocycles. The van der Waals surface area contributed by atoms with E-state index in [0.29, 0.717) is 12.3 Å². The minimum atomic E-state index is 0.158. The van der Waals surface area contributed by atoms with Crippen LogP contribution in [0.5, 0.6) is 0 Å². The molecule has 0 amide bonds. The van der Waals surface area contributed by atoms with Gasteiger partial charge in [0.05, 0.1) is 6.42 Å². The van der Waals surface area contributed by atoms with Crippen LogP contribution in [-0.2, 0) is 12.8 Å². The predicted molar refractivity (Wildman–Crippen MR) is 84.4 cm³/mol. The molecule has 2 aromatic rings. The second kappa shape index (κ2) is 6.85. The van der Waals surface area contributed by atoms with Gasteiger partial charge in [-0.25, -0.2) is 0 Å². The van der Waals surface area contributed by atoms with Crippen LogP contribution in [0.1, 0.15) is 50.1 Å². The maximum absolute atomic E-state index is 5.71. The smallest absolute Gasteiger partial charge is 0.220 e. The first-order valence-electron chi connectivity index (χ1n) is 7.54. The first-order chi connectivity index (χ1) is 9.92. The molecule has 0 fully saturated rings. The highest BCUT2D eigenvalue weighted by Crippen LogP contribution is 2.11. The van der Waals surface area contributed by atoms with Gasteiger partial charge in [-0.3, -0.25) is 0 Å². The summed E-state index contributed by atoms with van der Waals surface area (Å²) >= 11 is 0. The van der Waals surface area contributed by atoms with E-state index in [1.165, 1.54) is 11.1 Å². The molecule has 0 saturated carbocycles. The Hall–Kier alpha value is -1.68. The third-order valence-corrected chi connectivity index (χ3v) is 3.17. The molecule has 2 rings (SSSR count). The fourth-order valence-electron chi connectivity index (χ4n) is 2.16. The van der Waals surface area contributed by atoms with Gasteiger partial charge in [0.25, 0.3) is 0 Å². The Labute approximate surface area is 127 Å². The minimum Gasteiger partial charge on any atom is -0.425 e. The van der Waals surface area contributed by atoms with Gasteiger partial charge in [-0.1, -0.05) is 29.8 Å². The van der Waals surface area contributed by atoms with E-state index in [1.807, 2.05) is 0 Å². The lowest BCUT2D eigenvalue weighted by atomic mass is 10.1. The Balaban J connectivity index is 1.81. The molecule has 0 spiro atoms. The minimum absolute atomic E-state index is 0.158. The van der Waals surface area contributed by atoms with E-state index < -0.39 is 0 Å². The molecule has 21 heavy (non-hydrogen) atoms. The van der Waals surface area contributed by atoms with Gasteiger partial charge in [-0.2, -0.15) is 0 Å². The molecule has 0 unspecified atom stereocenters. The van der Waals surface area contributed by atoms with Crippen molar-refractivity contribution in [3.05, 3.63) is 47.2 Å². The SMILES string of the molecule is Cc1cccc(Cc2nnc(CCCNC(C)(C)C)o2)c1. The molecule has 4 nitrogen and oxygen atoms in total. The molecule has 0 bridgehead atoms. The Kier molecular flexibility index (Phi) is 5.12. The zero-order valence-electron chi connectivity index (χ0n) is 13.4. The predicted octanol–water partition coefficient (Wildman–Crippen LogP) is 3.29. The quantitative estimate of drug-likeness (QED) is 0.828. The molecule has 0 saturated heterocycles. The molecule has 0 aliphatic heterocycles. The molecule has 4 heteroatoms. The summed E-state index contributed by atoms with van der Waals surface area (Å²) in [5.41, 5.74) is 2.62. The normalized spacial score (nSPS) is 11.8. The number of rotatable bonds is 6. The van der Waals surface area contributed by atoms with Crippen LogP contribution in [0.25, 0.3) is 0 Å². The fraction of sp³-hybridized carbons (Fsp3) is 0.529. The molecule has 1 aromatic heterocycles. The van der Waals surface area contributed by atoms with Crippen molar-refractivity contribution >= 4 is 0 Å². The third-order valence-electron chi connectivity index (χ3n) is 3.17. The number of aromatic nitrogens is 2. The summed E-state index contributed by atoms with van der Waals surface area (Å²) in [5.74, 6) is 1.42. The molecule has 1 N–H and O–H groups in total. The lowest BCUT2D eigenvalue weighted by molar-refractivity contribution is 0.406. The van der Waals surface area contributed by atoms with Gasteiger partial charge in [0.2, 0.25) is 11.8 Å². The third kappa shape index (κ3) is 5.68. The van der Waals surface area contributed by atoms with Gasteiger partial charge in [-0.15, -0.1) is 10.2 Å². The van der Waals surface area contributed by atoms with E-state index in [0.717, 1.165) is 25.3 Å². The lowest BCUT2D eigenvalue weighted by Crippen LogP contribution is -2.36. The van der Waals surface area contributed by atoms with Crippen LogP contribution in [0, 0.1) is 6.92 Å². The number of aryl methyl sites for hydroxylation is 2.